The Balaban J connectivity index is 1.94. The van der Waals surface area contributed by atoms with Gasteiger partial charge in [-0.3, -0.25) is 0 Å². The van der Waals surface area contributed by atoms with Crippen LogP contribution in [0.5, 0.6) is 0 Å². The molecule has 2 heterocycles. The molecular formula is C12H20N4. The summed E-state index contributed by atoms with van der Waals surface area (Å²) in [6.45, 7) is 6.04. The van der Waals surface area contributed by atoms with Gasteiger partial charge in [0.15, 0.2) is 0 Å². The molecule has 0 spiro atoms. The van der Waals surface area contributed by atoms with Gasteiger partial charge >= 0.3 is 0 Å². The number of piperidine rings is 1. The maximum Gasteiger partial charge on any atom is 0.131 e. The van der Waals surface area contributed by atoms with Crippen LogP contribution in [0.1, 0.15) is 30.3 Å². The highest BCUT2D eigenvalue weighted by Gasteiger charge is 2.21. The maximum atomic E-state index is 5.56. The fourth-order valence-electron chi connectivity index (χ4n) is 2.26. The average molecular weight is 220 g/mol. The molecule has 1 fully saturated rings. The first-order valence-electron chi connectivity index (χ1n) is 6.01. The molecule has 16 heavy (non-hydrogen) atoms. The summed E-state index contributed by atoms with van der Waals surface area (Å²) >= 11 is 0. The number of likely N-dealkylation sites (tertiary alicyclic amines) is 1. The zero-order valence-electron chi connectivity index (χ0n) is 9.89. The molecule has 2 N–H and O–H groups in total. The lowest BCUT2D eigenvalue weighted by Gasteiger charge is -2.30. The van der Waals surface area contributed by atoms with Crippen molar-refractivity contribution in [2.45, 2.75) is 25.7 Å². The molecule has 0 aliphatic carbocycles. The second-order valence-electron chi connectivity index (χ2n) is 4.46. The first kappa shape index (κ1) is 11.5. The van der Waals surface area contributed by atoms with E-state index in [0.29, 0.717) is 5.92 Å². The Labute approximate surface area is 96.9 Å². The number of rotatable bonds is 3. The summed E-state index contributed by atoms with van der Waals surface area (Å²) in [5.74, 6) is 1.56. The third-order valence-electron chi connectivity index (χ3n) is 3.21. The summed E-state index contributed by atoms with van der Waals surface area (Å²) in [5, 5.41) is 0. The van der Waals surface area contributed by atoms with Gasteiger partial charge in [-0.1, -0.05) is 0 Å². The largest absolute Gasteiger partial charge is 0.329 e. The van der Waals surface area contributed by atoms with Crippen molar-refractivity contribution < 1.29 is 0 Å². The van der Waals surface area contributed by atoms with E-state index in [1.807, 2.05) is 19.2 Å². The summed E-state index contributed by atoms with van der Waals surface area (Å²) in [7, 11) is 0. The van der Waals surface area contributed by atoms with E-state index in [1.165, 1.54) is 0 Å². The van der Waals surface area contributed by atoms with Crippen molar-refractivity contribution in [2.75, 3.05) is 26.2 Å². The van der Waals surface area contributed by atoms with Crippen molar-refractivity contribution in [1.82, 2.24) is 14.9 Å². The highest BCUT2D eigenvalue weighted by Crippen LogP contribution is 2.24. The molecule has 4 nitrogen and oxygen atoms in total. The van der Waals surface area contributed by atoms with Crippen LogP contribution < -0.4 is 5.73 Å². The van der Waals surface area contributed by atoms with Crippen molar-refractivity contribution in [3.05, 3.63) is 23.8 Å². The van der Waals surface area contributed by atoms with Gasteiger partial charge in [-0.15, -0.1) is 0 Å². The molecule has 0 radical (unpaired) electrons. The van der Waals surface area contributed by atoms with Crippen LogP contribution in [0.2, 0.25) is 0 Å². The van der Waals surface area contributed by atoms with Crippen LogP contribution in [0.25, 0.3) is 0 Å². The van der Waals surface area contributed by atoms with Gasteiger partial charge in [-0.05, 0) is 38.9 Å². The van der Waals surface area contributed by atoms with Crippen LogP contribution in [-0.2, 0) is 0 Å². The predicted octanol–water partition coefficient (Wildman–Crippen LogP) is 0.923. The number of nitrogens with zero attached hydrogens (tertiary/aromatic N) is 3. The van der Waals surface area contributed by atoms with Gasteiger partial charge < -0.3 is 10.6 Å². The molecule has 0 bridgehead atoms. The van der Waals surface area contributed by atoms with Crippen molar-refractivity contribution in [3.63, 3.8) is 0 Å². The van der Waals surface area contributed by atoms with E-state index in [0.717, 1.165) is 50.5 Å². The molecule has 0 aromatic carbocycles. The summed E-state index contributed by atoms with van der Waals surface area (Å²) in [5.41, 5.74) is 6.62. The molecule has 0 unspecified atom stereocenters. The lowest BCUT2D eigenvalue weighted by Crippen LogP contribution is -2.36. The smallest absolute Gasteiger partial charge is 0.131 e. The molecular weight excluding hydrogens is 200 g/mol. The molecule has 0 atom stereocenters. The molecule has 1 aromatic rings. The third kappa shape index (κ3) is 2.77. The van der Waals surface area contributed by atoms with Crippen molar-refractivity contribution in [1.29, 1.82) is 0 Å². The minimum Gasteiger partial charge on any atom is -0.329 e. The zero-order valence-corrected chi connectivity index (χ0v) is 9.89. The summed E-state index contributed by atoms with van der Waals surface area (Å²) in [6.07, 6.45) is 4.18. The number of hydrogen-bond acceptors (Lipinski definition) is 4. The van der Waals surface area contributed by atoms with Gasteiger partial charge in [-0.25, -0.2) is 9.97 Å². The fourth-order valence-corrected chi connectivity index (χ4v) is 2.26. The Morgan fingerprint density at radius 2 is 2.19 bits per heavy atom. The maximum absolute atomic E-state index is 5.56. The minimum atomic E-state index is 0.536. The summed E-state index contributed by atoms with van der Waals surface area (Å²) in [4.78, 5) is 11.3. The standard InChI is InChI=1S/C12H20N4/c1-10-2-6-14-12(15-10)11-3-7-16(8-4-11)9-5-13/h2,6,11H,3-5,7-9,13H2,1H3. The minimum absolute atomic E-state index is 0.536. The highest BCUT2D eigenvalue weighted by molar-refractivity contribution is 5.05. The second-order valence-corrected chi connectivity index (χ2v) is 4.46. The highest BCUT2D eigenvalue weighted by atomic mass is 15.1. The topological polar surface area (TPSA) is 55.0 Å². The number of nitrogens with two attached hydrogens (primary N) is 1. The summed E-state index contributed by atoms with van der Waals surface area (Å²) in [6, 6.07) is 1.95. The van der Waals surface area contributed by atoms with E-state index in [-0.39, 0.29) is 0 Å². The quantitative estimate of drug-likeness (QED) is 0.823. The Hall–Kier alpha value is -1.00. The lowest BCUT2D eigenvalue weighted by atomic mass is 9.96. The Kier molecular flexibility index (Phi) is 3.85. The SMILES string of the molecule is Cc1ccnc(C2CCN(CCN)CC2)n1. The van der Waals surface area contributed by atoms with Crippen LogP contribution in [0.15, 0.2) is 12.3 Å². The van der Waals surface area contributed by atoms with Crippen LogP contribution in [0, 0.1) is 6.92 Å². The first-order chi connectivity index (χ1) is 7.79. The Morgan fingerprint density at radius 3 is 2.81 bits per heavy atom. The molecule has 4 heteroatoms. The first-order valence-corrected chi connectivity index (χ1v) is 6.01. The van der Waals surface area contributed by atoms with E-state index in [2.05, 4.69) is 14.9 Å². The molecule has 0 amide bonds. The van der Waals surface area contributed by atoms with Crippen molar-refractivity contribution in [2.24, 2.45) is 5.73 Å². The molecule has 1 aliphatic rings. The van der Waals surface area contributed by atoms with Crippen LogP contribution in [0.4, 0.5) is 0 Å². The van der Waals surface area contributed by atoms with Gasteiger partial charge in [0.2, 0.25) is 0 Å². The van der Waals surface area contributed by atoms with E-state index >= 15 is 0 Å². The number of aryl methyl sites for hydroxylation is 1. The molecule has 0 saturated carbocycles. The monoisotopic (exact) mass is 220 g/mol. The van der Waals surface area contributed by atoms with E-state index < -0.39 is 0 Å². The summed E-state index contributed by atoms with van der Waals surface area (Å²) < 4.78 is 0. The van der Waals surface area contributed by atoms with E-state index in [9.17, 15) is 0 Å². The van der Waals surface area contributed by atoms with E-state index in [4.69, 9.17) is 5.73 Å². The van der Waals surface area contributed by atoms with Crippen molar-refractivity contribution >= 4 is 0 Å². The van der Waals surface area contributed by atoms with Crippen LogP contribution in [0.3, 0.4) is 0 Å². The van der Waals surface area contributed by atoms with Gasteiger partial charge in [-0.2, -0.15) is 0 Å². The molecule has 1 aliphatic heterocycles. The van der Waals surface area contributed by atoms with Crippen LogP contribution >= 0.6 is 0 Å². The molecule has 88 valence electrons. The fraction of sp³-hybridized carbons (Fsp3) is 0.667. The van der Waals surface area contributed by atoms with Crippen LogP contribution in [-0.4, -0.2) is 41.0 Å². The zero-order chi connectivity index (χ0) is 11.4. The second kappa shape index (κ2) is 5.37. The number of hydrogen-bond donors (Lipinski definition) is 1. The van der Waals surface area contributed by atoms with Gasteiger partial charge in [0.25, 0.3) is 0 Å². The lowest BCUT2D eigenvalue weighted by molar-refractivity contribution is 0.214. The normalized spacial score (nSPS) is 18.9. The average Bonchev–Trinajstić information content (AvgIpc) is 2.30. The Morgan fingerprint density at radius 1 is 1.44 bits per heavy atom. The van der Waals surface area contributed by atoms with Gasteiger partial charge in [0, 0.05) is 30.9 Å². The van der Waals surface area contributed by atoms with E-state index in [1.54, 1.807) is 0 Å². The molecule has 2 rings (SSSR count). The van der Waals surface area contributed by atoms with Gasteiger partial charge in [0.1, 0.15) is 5.82 Å². The number of aromatic nitrogens is 2. The molecule has 1 saturated heterocycles. The predicted molar refractivity (Wildman–Crippen MR) is 64.2 cm³/mol. The Bertz CT molecular complexity index is 332. The van der Waals surface area contributed by atoms with Gasteiger partial charge in [0.05, 0.1) is 0 Å². The van der Waals surface area contributed by atoms with Crippen molar-refractivity contribution in [3.8, 4) is 0 Å². The molecule has 1 aromatic heterocycles. The third-order valence-corrected chi connectivity index (χ3v) is 3.21.